The van der Waals surface area contributed by atoms with Crippen molar-refractivity contribution < 1.29 is 4.74 Å². The lowest BCUT2D eigenvalue weighted by Crippen LogP contribution is -1.92. The summed E-state index contributed by atoms with van der Waals surface area (Å²) in [4.78, 5) is 3.56. The smallest absolute Gasteiger partial charge is 0.128 e. The van der Waals surface area contributed by atoms with E-state index in [4.69, 9.17) is 4.74 Å². The van der Waals surface area contributed by atoms with Crippen LogP contribution in [0.3, 0.4) is 0 Å². The number of hydrogen-bond donors (Lipinski definition) is 1. The van der Waals surface area contributed by atoms with E-state index in [-0.39, 0.29) is 0 Å². The van der Waals surface area contributed by atoms with Crippen LogP contribution in [0.4, 0.5) is 0 Å². The predicted molar refractivity (Wildman–Crippen MR) is 110 cm³/mol. The molecule has 5 aromatic rings. The first-order valence-corrected chi connectivity index (χ1v) is 8.82. The summed E-state index contributed by atoms with van der Waals surface area (Å²) in [6.45, 7) is 0. The van der Waals surface area contributed by atoms with Crippen molar-refractivity contribution in [2.75, 3.05) is 7.11 Å². The second-order valence-corrected chi connectivity index (χ2v) is 6.53. The molecule has 3 heteroatoms. The van der Waals surface area contributed by atoms with Crippen LogP contribution >= 0.6 is 0 Å². The molecule has 1 N–H and O–H groups in total. The number of aromatic nitrogens is 1. The highest BCUT2D eigenvalue weighted by molar-refractivity contribution is 6.24. The van der Waals surface area contributed by atoms with E-state index in [0.717, 1.165) is 43.7 Å². The van der Waals surface area contributed by atoms with Gasteiger partial charge in [0.25, 0.3) is 0 Å². The summed E-state index contributed by atoms with van der Waals surface area (Å²) in [5.74, 6) is 0.716. The number of para-hydroxylation sites is 1. The molecule has 4 aromatic carbocycles. The van der Waals surface area contributed by atoms with E-state index in [9.17, 15) is 5.26 Å². The van der Waals surface area contributed by atoms with Gasteiger partial charge in [0.2, 0.25) is 0 Å². The van der Waals surface area contributed by atoms with E-state index in [1.54, 1.807) is 7.11 Å². The molecule has 0 aliphatic carbocycles. The maximum atomic E-state index is 10.1. The number of methoxy groups -OCH3 is 1. The summed E-state index contributed by atoms with van der Waals surface area (Å²) in [6.07, 6.45) is 0. The molecule has 5 rings (SSSR count). The van der Waals surface area contributed by atoms with Crippen molar-refractivity contribution in [3.05, 3.63) is 78.4 Å². The minimum Gasteiger partial charge on any atom is -0.496 e. The minimum absolute atomic E-state index is 0.648. The number of rotatable bonds is 2. The summed E-state index contributed by atoms with van der Waals surface area (Å²) >= 11 is 0. The van der Waals surface area contributed by atoms with Gasteiger partial charge in [-0.25, -0.2) is 0 Å². The fourth-order valence-electron chi connectivity index (χ4n) is 4.03. The minimum atomic E-state index is 0.648. The number of aromatic amines is 1. The van der Waals surface area contributed by atoms with Gasteiger partial charge in [-0.05, 0) is 23.1 Å². The third-order valence-electron chi connectivity index (χ3n) is 5.15. The van der Waals surface area contributed by atoms with Crippen LogP contribution in [0.2, 0.25) is 0 Å². The first-order valence-electron chi connectivity index (χ1n) is 8.82. The standard InChI is InChI=1S/C24H16N2O/c1-27-20-13-7-11-17-21(15-8-3-2-4-9-15)24-23(18(14-25)22(17)20)16-10-5-6-12-19(16)26-24/h2-13,26H,1H3. The number of nitriles is 1. The Morgan fingerprint density at radius 3 is 2.33 bits per heavy atom. The molecular weight excluding hydrogens is 332 g/mol. The average Bonchev–Trinajstić information content (AvgIpc) is 3.11. The molecule has 0 saturated carbocycles. The fraction of sp³-hybridized carbons (Fsp3) is 0.0417. The maximum Gasteiger partial charge on any atom is 0.128 e. The summed E-state index contributed by atoms with van der Waals surface area (Å²) in [5, 5.41) is 13.9. The van der Waals surface area contributed by atoms with E-state index in [0.29, 0.717) is 11.3 Å². The van der Waals surface area contributed by atoms with Gasteiger partial charge in [-0.3, -0.25) is 0 Å². The van der Waals surface area contributed by atoms with Crippen LogP contribution in [0.1, 0.15) is 5.56 Å². The number of fused-ring (bicyclic) bond motifs is 4. The second kappa shape index (κ2) is 5.89. The topological polar surface area (TPSA) is 48.8 Å². The quantitative estimate of drug-likeness (QED) is 0.424. The number of hydrogen-bond acceptors (Lipinski definition) is 2. The van der Waals surface area contributed by atoms with Gasteiger partial charge in [0.05, 0.1) is 18.2 Å². The number of nitrogens with one attached hydrogen (secondary N) is 1. The van der Waals surface area contributed by atoms with Crippen molar-refractivity contribution in [2.24, 2.45) is 0 Å². The van der Waals surface area contributed by atoms with Crippen LogP contribution in [0.25, 0.3) is 43.7 Å². The Morgan fingerprint density at radius 1 is 0.815 bits per heavy atom. The number of H-pyrrole nitrogens is 1. The zero-order chi connectivity index (χ0) is 18.4. The molecule has 1 heterocycles. The molecule has 0 spiro atoms. The van der Waals surface area contributed by atoms with Crippen LogP contribution in [-0.2, 0) is 0 Å². The monoisotopic (exact) mass is 348 g/mol. The van der Waals surface area contributed by atoms with Crippen LogP contribution in [0.5, 0.6) is 5.75 Å². The van der Waals surface area contributed by atoms with Gasteiger partial charge in [-0.1, -0.05) is 60.7 Å². The maximum absolute atomic E-state index is 10.1. The van der Waals surface area contributed by atoms with Crippen molar-refractivity contribution in [3.63, 3.8) is 0 Å². The highest BCUT2D eigenvalue weighted by atomic mass is 16.5. The van der Waals surface area contributed by atoms with E-state index >= 15 is 0 Å². The molecular formula is C24H16N2O. The highest BCUT2D eigenvalue weighted by Crippen LogP contribution is 2.44. The van der Waals surface area contributed by atoms with Crippen molar-refractivity contribution >= 4 is 32.6 Å². The Morgan fingerprint density at radius 2 is 1.56 bits per heavy atom. The molecule has 27 heavy (non-hydrogen) atoms. The zero-order valence-electron chi connectivity index (χ0n) is 14.8. The second-order valence-electron chi connectivity index (χ2n) is 6.53. The van der Waals surface area contributed by atoms with E-state index in [1.807, 2.05) is 48.5 Å². The van der Waals surface area contributed by atoms with Crippen LogP contribution in [0.15, 0.2) is 72.8 Å². The third kappa shape index (κ3) is 2.14. The molecule has 0 radical (unpaired) electrons. The number of benzene rings is 4. The van der Waals surface area contributed by atoms with Gasteiger partial charge in [0, 0.05) is 27.2 Å². The van der Waals surface area contributed by atoms with Crippen molar-refractivity contribution in [3.8, 4) is 22.9 Å². The molecule has 0 bridgehead atoms. The SMILES string of the molecule is COc1cccc2c(-c3ccccc3)c3[nH]c4ccccc4c3c(C#N)c12. The Labute approximate surface area is 156 Å². The van der Waals surface area contributed by atoms with Crippen molar-refractivity contribution in [2.45, 2.75) is 0 Å². The molecule has 1 aromatic heterocycles. The van der Waals surface area contributed by atoms with Gasteiger partial charge in [0.15, 0.2) is 0 Å². The fourth-order valence-corrected chi connectivity index (χ4v) is 4.03. The Balaban J connectivity index is 2.14. The Bertz CT molecular complexity index is 1360. The molecule has 3 nitrogen and oxygen atoms in total. The highest BCUT2D eigenvalue weighted by Gasteiger charge is 2.21. The van der Waals surface area contributed by atoms with E-state index < -0.39 is 0 Å². The van der Waals surface area contributed by atoms with Crippen molar-refractivity contribution in [1.82, 2.24) is 4.98 Å². The first-order chi connectivity index (χ1) is 13.3. The lowest BCUT2D eigenvalue weighted by molar-refractivity contribution is 0.420. The van der Waals surface area contributed by atoms with Crippen LogP contribution in [-0.4, -0.2) is 12.1 Å². The normalized spacial score (nSPS) is 11.1. The largest absolute Gasteiger partial charge is 0.496 e. The molecule has 0 aliphatic heterocycles. The summed E-state index contributed by atoms with van der Waals surface area (Å²) in [7, 11) is 1.65. The molecule has 0 atom stereocenters. The average molecular weight is 348 g/mol. The lowest BCUT2D eigenvalue weighted by Gasteiger charge is -2.14. The third-order valence-corrected chi connectivity index (χ3v) is 5.15. The van der Waals surface area contributed by atoms with Gasteiger partial charge >= 0.3 is 0 Å². The number of nitrogens with zero attached hydrogens (tertiary/aromatic N) is 1. The van der Waals surface area contributed by atoms with Gasteiger partial charge in [0.1, 0.15) is 11.8 Å². The Kier molecular flexibility index (Phi) is 3.38. The molecule has 128 valence electrons. The molecule has 0 saturated heterocycles. The zero-order valence-corrected chi connectivity index (χ0v) is 14.8. The molecule has 0 amide bonds. The van der Waals surface area contributed by atoms with Crippen LogP contribution in [0, 0.1) is 11.3 Å². The predicted octanol–water partition coefficient (Wildman–Crippen LogP) is 6.02. The first kappa shape index (κ1) is 15.5. The molecule has 0 unspecified atom stereocenters. The van der Waals surface area contributed by atoms with Gasteiger partial charge in [-0.15, -0.1) is 0 Å². The summed E-state index contributed by atoms with van der Waals surface area (Å²) in [5.41, 5.74) is 4.86. The summed E-state index contributed by atoms with van der Waals surface area (Å²) < 4.78 is 5.64. The van der Waals surface area contributed by atoms with E-state index in [2.05, 4.69) is 35.3 Å². The van der Waals surface area contributed by atoms with Gasteiger partial charge < -0.3 is 9.72 Å². The summed E-state index contributed by atoms with van der Waals surface area (Å²) in [6, 6.07) is 26.8. The molecule has 0 aliphatic rings. The van der Waals surface area contributed by atoms with E-state index in [1.165, 1.54) is 0 Å². The van der Waals surface area contributed by atoms with Gasteiger partial charge in [-0.2, -0.15) is 5.26 Å². The van der Waals surface area contributed by atoms with Crippen molar-refractivity contribution in [1.29, 1.82) is 5.26 Å². The lowest BCUT2D eigenvalue weighted by atomic mass is 9.91. The van der Waals surface area contributed by atoms with Crippen LogP contribution < -0.4 is 4.74 Å². The molecule has 0 fully saturated rings. The Hall–Kier alpha value is -3.77. The number of ether oxygens (including phenoxy) is 1.